The summed E-state index contributed by atoms with van der Waals surface area (Å²) in [5.74, 6) is 2.27. The van der Waals surface area contributed by atoms with Crippen LogP contribution in [-0.2, 0) is 9.47 Å². The molecule has 0 spiro atoms. The topological polar surface area (TPSA) is 102 Å². The Bertz CT molecular complexity index is 1130. The van der Waals surface area contributed by atoms with Gasteiger partial charge in [0.1, 0.15) is 5.82 Å². The highest BCUT2D eigenvalue weighted by Gasteiger charge is 2.28. The molecule has 0 bridgehead atoms. The van der Waals surface area contributed by atoms with Gasteiger partial charge in [-0.25, -0.2) is 0 Å². The molecule has 0 amide bonds. The number of nitrogens with one attached hydrogen (secondary N) is 1. The zero-order valence-corrected chi connectivity index (χ0v) is 23.7. The van der Waals surface area contributed by atoms with Crippen molar-refractivity contribution in [2.24, 2.45) is 5.73 Å². The molecule has 9 nitrogen and oxygen atoms in total. The molecule has 1 atom stereocenters. The maximum absolute atomic E-state index is 6.19. The van der Waals surface area contributed by atoms with E-state index in [4.69, 9.17) is 36.8 Å². The molecular weight excluding hydrogens is 514 g/mol. The number of piperazine rings is 1. The fourth-order valence-electron chi connectivity index (χ4n) is 4.57. The van der Waals surface area contributed by atoms with Crippen LogP contribution in [0.4, 0.5) is 11.9 Å². The quantitative estimate of drug-likeness (QED) is 0.287. The summed E-state index contributed by atoms with van der Waals surface area (Å²) in [5, 5.41) is 4.05. The van der Waals surface area contributed by atoms with Gasteiger partial charge >= 0.3 is 0 Å². The second-order valence-corrected chi connectivity index (χ2v) is 10.2. The van der Waals surface area contributed by atoms with Gasteiger partial charge in [0, 0.05) is 50.2 Å². The van der Waals surface area contributed by atoms with E-state index in [0.717, 1.165) is 43.0 Å². The lowest BCUT2D eigenvalue weighted by Gasteiger charge is -2.40. The van der Waals surface area contributed by atoms with Crippen molar-refractivity contribution in [1.82, 2.24) is 19.9 Å². The minimum Gasteiger partial charge on any atom is -0.378 e. The van der Waals surface area contributed by atoms with E-state index in [1.165, 1.54) is 11.1 Å². The van der Waals surface area contributed by atoms with Crippen LogP contribution in [-0.4, -0.2) is 85.5 Å². The molecule has 0 saturated carbocycles. The lowest BCUT2D eigenvalue weighted by atomic mass is 9.96. The number of anilines is 2. The molecule has 1 aromatic heterocycles. The number of rotatable bonds is 14. The van der Waals surface area contributed by atoms with Gasteiger partial charge in [-0.05, 0) is 23.3 Å². The number of benzene rings is 2. The summed E-state index contributed by atoms with van der Waals surface area (Å²) in [6.45, 7) is 10.9. The van der Waals surface area contributed by atoms with Gasteiger partial charge in [-0.3, -0.25) is 4.90 Å². The van der Waals surface area contributed by atoms with Crippen LogP contribution >= 0.6 is 11.6 Å². The standard InChI is InChI=1S/C29H40ClN7O2/c1-22(2)27-33-28(32-13-19-39-21-20-38-18-12-31)35-29(34-27)37-16-14-36(15-17-37)26(23-6-4-3-5-7-23)24-8-10-25(30)11-9-24/h3-11,22,26H,12-21,31H2,1-2H3,(H,32,33,34,35). The van der Waals surface area contributed by atoms with Gasteiger partial charge in [-0.15, -0.1) is 0 Å². The first-order valence-electron chi connectivity index (χ1n) is 13.7. The summed E-state index contributed by atoms with van der Waals surface area (Å²) in [5.41, 5.74) is 7.93. The maximum Gasteiger partial charge on any atom is 0.230 e. The third-order valence-corrected chi connectivity index (χ3v) is 6.84. The van der Waals surface area contributed by atoms with E-state index >= 15 is 0 Å². The lowest BCUT2D eigenvalue weighted by molar-refractivity contribution is 0.0547. The monoisotopic (exact) mass is 553 g/mol. The Balaban J connectivity index is 1.39. The van der Waals surface area contributed by atoms with Gasteiger partial charge in [0.2, 0.25) is 11.9 Å². The van der Waals surface area contributed by atoms with E-state index < -0.39 is 0 Å². The molecule has 2 heterocycles. The summed E-state index contributed by atoms with van der Waals surface area (Å²) in [6, 6.07) is 19.0. The SMILES string of the molecule is CC(C)c1nc(NCCOCCOCCN)nc(N2CCN(C(c3ccccc3)c3ccc(Cl)cc3)CC2)n1. The molecule has 2 aromatic carbocycles. The summed E-state index contributed by atoms with van der Waals surface area (Å²) in [4.78, 5) is 19.0. The van der Waals surface area contributed by atoms with Gasteiger partial charge in [0.25, 0.3) is 0 Å². The Morgan fingerprint density at radius 1 is 0.846 bits per heavy atom. The minimum atomic E-state index is 0.160. The van der Waals surface area contributed by atoms with E-state index in [-0.39, 0.29) is 12.0 Å². The molecule has 10 heteroatoms. The second kappa shape index (κ2) is 15.1. The van der Waals surface area contributed by atoms with Crippen molar-refractivity contribution < 1.29 is 9.47 Å². The molecule has 0 radical (unpaired) electrons. The Morgan fingerprint density at radius 3 is 2.18 bits per heavy atom. The summed E-state index contributed by atoms with van der Waals surface area (Å²) in [7, 11) is 0. The number of nitrogens with zero attached hydrogens (tertiary/aromatic N) is 5. The highest BCUT2D eigenvalue weighted by atomic mass is 35.5. The van der Waals surface area contributed by atoms with Crippen molar-refractivity contribution in [3.05, 3.63) is 76.6 Å². The van der Waals surface area contributed by atoms with Gasteiger partial charge in [0.15, 0.2) is 0 Å². The van der Waals surface area contributed by atoms with Crippen LogP contribution in [0, 0.1) is 0 Å². The van der Waals surface area contributed by atoms with Crippen LogP contribution < -0.4 is 16.0 Å². The predicted octanol–water partition coefficient (Wildman–Crippen LogP) is 3.96. The molecule has 39 heavy (non-hydrogen) atoms. The van der Waals surface area contributed by atoms with Crippen LogP contribution in [0.5, 0.6) is 0 Å². The third-order valence-electron chi connectivity index (χ3n) is 6.58. The minimum absolute atomic E-state index is 0.160. The number of hydrogen-bond donors (Lipinski definition) is 2. The first-order valence-corrected chi connectivity index (χ1v) is 14.1. The summed E-state index contributed by atoms with van der Waals surface area (Å²) in [6.07, 6.45) is 0. The second-order valence-electron chi connectivity index (χ2n) is 9.80. The van der Waals surface area contributed by atoms with Crippen LogP contribution in [0.15, 0.2) is 54.6 Å². The van der Waals surface area contributed by atoms with Gasteiger partial charge < -0.3 is 25.4 Å². The maximum atomic E-state index is 6.19. The fraction of sp³-hybridized carbons (Fsp3) is 0.483. The first kappa shape index (κ1) is 29.2. The average molecular weight is 554 g/mol. The molecule has 4 rings (SSSR count). The Kier molecular flexibility index (Phi) is 11.3. The molecule has 1 aliphatic heterocycles. The molecule has 3 N–H and O–H groups in total. The number of aromatic nitrogens is 3. The van der Waals surface area contributed by atoms with E-state index in [9.17, 15) is 0 Å². The Morgan fingerprint density at radius 2 is 1.51 bits per heavy atom. The smallest absolute Gasteiger partial charge is 0.230 e. The zero-order chi connectivity index (χ0) is 27.5. The summed E-state index contributed by atoms with van der Waals surface area (Å²) >= 11 is 6.19. The summed E-state index contributed by atoms with van der Waals surface area (Å²) < 4.78 is 10.9. The first-order chi connectivity index (χ1) is 19.0. The van der Waals surface area contributed by atoms with E-state index in [1.54, 1.807) is 0 Å². The van der Waals surface area contributed by atoms with E-state index in [2.05, 4.69) is 76.4 Å². The number of ether oxygens (including phenoxy) is 2. The van der Waals surface area contributed by atoms with Crippen molar-refractivity contribution in [3.63, 3.8) is 0 Å². The highest BCUT2D eigenvalue weighted by molar-refractivity contribution is 6.30. The largest absolute Gasteiger partial charge is 0.378 e. The molecule has 3 aromatic rings. The van der Waals surface area contributed by atoms with E-state index in [0.29, 0.717) is 45.5 Å². The van der Waals surface area contributed by atoms with Crippen molar-refractivity contribution in [2.75, 3.05) is 75.9 Å². The molecule has 1 unspecified atom stereocenters. The third kappa shape index (κ3) is 8.58. The van der Waals surface area contributed by atoms with Crippen LogP contribution in [0.25, 0.3) is 0 Å². The molecule has 0 aliphatic carbocycles. The van der Waals surface area contributed by atoms with Crippen molar-refractivity contribution in [1.29, 1.82) is 0 Å². The predicted molar refractivity (Wildman–Crippen MR) is 157 cm³/mol. The fourth-order valence-corrected chi connectivity index (χ4v) is 4.70. The number of hydrogen-bond acceptors (Lipinski definition) is 9. The van der Waals surface area contributed by atoms with Crippen LogP contribution in [0.3, 0.4) is 0 Å². The Hall–Kier alpha value is -2.82. The zero-order valence-electron chi connectivity index (χ0n) is 22.9. The van der Waals surface area contributed by atoms with Crippen LogP contribution in [0.2, 0.25) is 5.02 Å². The Labute approximate surface area is 236 Å². The lowest BCUT2D eigenvalue weighted by Crippen LogP contribution is -2.48. The van der Waals surface area contributed by atoms with Gasteiger partial charge in [-0.1, -0.05) is 67.9 Å². The molecule has 210 valence electrons. The van der Waals surface area contributed by atoms with Crippen molar-refractivity contribution >= 4 is 23.5 Å². The van der Waals surface area contributed by atoms with Crippen LogP contribution in [0.1, 0.15) is 42.8 Å². The van der Waals surface area contributed by atoms with Gasteiger partial charge in [-0.2, -0.15) is 15.0 Å². The number of nitrogens with two attached hydrogens (primary N) is 1. The molecule has 1 fully saturated rings. The molecule has 1 aliphatic rings. The number of halogens is 1. The molecular formula is C29H40ClN7O2. The average Bonchev–Trinajstić information content (AvgIpc) is 2.96. The highest BCUT2D eigenvalue weighted by Crippen LogP contribution is 2.31. The van der Waals surface area contributed by atoms with Crippen molar-refractivity contribution in [2.45, 2.75) is 25.8 Å². The van der Waals surface area contributed by atoms with E-state index in [1.807, 2.05) is 12.1 Å². The van der Waals surface area contributed by atoms with Gasteiger partial charge in [0.05, 0.1) is 32.5 Å². The normalized spacial score (nSPS) is 15.1. The molecule has 1 saturated heterocycles. The van der Waals surface area contributed by atoms with Crippen molar-refractivity contribution in [3.8, 4) is 0 Å².